The van der Waals surface area contributed by atoms with E-state index in [1.54, 1.807) is 31.2 Å². The lowest BCUT2D eigenvalue weighted by Gasteiger charge is -2.06. The summed E-state index contributed by atoms with van der Waals surface area (Å²) in [5.74, 6) is 0.684. The molecule has 4 nitrogen and oxygen atoms in total. The molecule has 0 aliphatic rings. The van der Waals surface area contributed by atoms with Crippen molar-refractivity contribution in [3.05, 3.63) is 29.8 Å². The fourth-order valence-electron chi connectivity index (χ4n) is 1.76. The van der Waals surface area contributed by atoms with Crippen LogP contribution in [0.5, 0.6) is 5.75 Å². The molecular weight excluding hydrogens is 256 g/mol. The van der Waals surface area contributed by atoms with Gasteiger partial charge in [0.05, 0.1) is 13.2 Å². The largest absolute Gasteiger partial charge is 0.494 e. The number of carbonyl (C=O) groups is 2. The molecule has 0 atom stereocenters. The Balaban J connectivity index is 2.12. The lowest BCUT2D eigenvalue weighted by molar-refractivity contribution is -0.143. The SMILES string of the molecule is CCOC(=O)CCCCCOc1ccc(C(C)=O)cc1. The summed E-state index contributed by atoms with van der Waals surface area (Å²) in [5.41, 5.74) is 0.687. The third-order valence-corrected chi connectivity index (χ3v) is 2.86. The first kappa shape index (κ1) is 16.2. The van der Waals surface area contributed by atoms with Crippen LogP contribution in [0.25, 0.3) is 0 Å². The smallest absolute Gasteiger partial charge is 0.305 e. The van der Waals surface area contributed by atoms with Gasteiger partial charge in [0, 0.05) is 12.0 Å². The highest BCUT2D eigenvalue weighted by molar-refractivity contribution is 5.94. The molecule has 0 aliphatic carbocycles. The molecule has 0 bridgehead atoms. The van der Waals surface area contributed by atoms with Gasteiger partial charge in [-0.25, -0.2) is 0 Å². The molecule has 0 unspecified atom stereocenters. The molecule has 0 saturated carbocycles. The van der Waals surface area contributed by atoms with Gasteiger partial charge in [0.15, 0.2) is 5.78 Å². The summed E-state index contributed by atoms with van der Waals surface area (Å²) in [6, 6.07) is 7.13. The van der Waals surface area contributed by atoms with E-state index in [0.29, 0.717) is 25.2 Å². The Morgan fingerprint density at radius 1 is 1.05 bits per heavy atom. The van der Waals surface area contributed by atoms with Crippen LogP contribution in [0, 0.1) is 0 Å². The Morgan fingerprint density at radius 3 is 2.35 bits per heavy atom. The van der Waals surface area contributed by atoms with E-state index in [-0.39, 0.29) is 11.8 Å². The van der Waals surface area contributed by atoms with Crippen LogP contribution in [0.2, 0.25) is 0 Å². The molecule has 0 amide bonds. The first-order valence-corrected chi connectivity index (χ1v) is 7.03. The molecule has 0 aliphatic heterocycles. The zero-order valence-electron chi connectivity index (χ0n) is 12.2. The lowest BCUT2D eigenvalue weighted by atomic mass is 10.1. The number of unbranched alkanes of at least 4 members (excludes halogenated alkanes) is 2. The topological polar surface area (TPSA) is 52.6 Å². The second-order valence-corrected chi connectivity index (χ2v) is 4.54. The highest BCUT2D eigenvalue weighted by Crippen LogP contribution is 2.13. The van der Waals surface area contributed by atoms with E-state index in [1.165, 1.54) is 0 Å². The first-order valence-electron chi connectivity index (χ1n) is 7.03. The number of rotatable bonds is 9. The third kappa shape index (κ3) is 6.36. The van der Waals surface area contributed by atoms with Crippen LogP contribution >= 0.6 is 0 Å². The van der Waals surface area contributed by atoms with Gasteiger partial charge in [-0.05, 0) is 57.4 Å². The van der Waals surface area contributed by atoms with E-state index >= 15 is 0 Å². The Morgan fingerprint density at radius 2 is 1.75 bits per heavy atom. The highest BCUT2D eigenvalue weighted by Gasteiger charge is 2.02. The Labute approximate surface area is 120 Å². The molecule has 0 spiro atoms. The Bertz CT molecular complexity index is 423. The fraction of sp³-hybridized carbons (Fsp3) is 0.500. The van der Waals surface area contributed by atoms with Crippen LogP contribution < -0.4 is 4.74 Å². The number of hydrogen-bond acceptors (Lipinski definition) is 4. The molecule has 0 saturated heterocycles. The predicted octanol–water partition coefficient (Wildman–Crippen LogP) is 3.39. The number of hydrogen-bond donors (Lipinski definition) is 0. The first-order chi connectivity index (χ1) is 9.63. The van der Waals surface area contributed by atoms with Gasteiger partial charge >= 0.3 is 5.97 Å². The maximum Gasteiger partial charge on any atom is 0.305 e. The fourth-order valence-corrected chi connectivity index (χ4v) is 1.76. The van der Waals surface area contributed by atoms with Gasteiger partial charge in [0.1, 0.15) is 5.75 Å². The molecule has 1 aromatic rings. The van der Waals surface area contributed by atoms with Crippen molar-refractivity contribution in [2.75, 3.05) is 13.2 Å². The van der Waals surface area contributed by atoms with Crippen LogP contribution in [0.4, 0.5) is 0 Å². The van der Waals surface area contributed by atoms with Crippen molar-refractivity contribution >= 4 is 11.8 Å². The zero-order valence-corrected chi connectivity index (χ0v) is 12.2. The molecule has 0 N–H and O–H groups in total. The summed E-state index contributed by atoms with van der Waals surface area (Å²) in [4.78, 5) is 22.2. The number of esters is 1. The molecule has 1 aromatic carbocycles. The molecule has 20 heavy (non-hydrogen) atoms. The van der Waals surface area contributed by atoms with E-state index < -0.39 is 0 Å². The maximum absolute atomic E-state index is 11.1. The second kappa shape index (κ2) is 9.13. The van der Waals surface area contributed by atoms with Crippen molar-refractivity contribution in [2.24, 2.45) is 0 Å². The molecule has 0 fully saturated rings. The maximum atomic E-state index is 11.1. The summed E-state index contributed by atoms with van der Waals surface area (Å²) >= 11 is 0. The number of carbonyl (C=O) groups excluding carboxylic acids is 2. The summed E-state index contributed by atoms with van der Waals surface area (Å²) in [6.45, 7) is 4.41. The summed E-state index contributed by atoms with van der Waals surface area (Å²) in [5, 5.41) is 0. The van der Waals surface area contributed by atoms with Gasteiger partial charge in [-0.1, -0.05) is 0 Å². The number of ether oxygens (including phenoxy) is 2. The molecular formula is C16H22O4. The summed E-state index contributed by atoms with van der Waals surface area (Å²) in [6.07, 6.45) is 3.13. The van der Waals surface area contributed by atoms with E-state index in [4.69, 9.17) is 9.47 Å². The van der Waals surface area contributed by atoms with E-state index in [1.807, 2.05) is 6.92 Å². The lowest BCUT2D eigenvalue weighted by Crippen LogP contribution is -2.04. The monoisotopic (exact) mass is 278 g/mol. The molecule has 0 heterocycles. The van der Waals surface area contributed by atoms with Gasteiger partial charge in [-0.2, -0.15) is 0 Å². The minimum atomic E-state index is -0.131. The van der Waals surface area contributed by atoms with Gasteiger partial charge in [0.25, 0.3) is 0 Å². The van der Waals surface area contributed by atoms with Gasteiger partial charge in [0.2, 0.25) is 0 Å². The molecule has 110 valence electrons. The minimum Gasteiger partial charge on any atom is -0.494 e. The van der Waals surface area contributed by atoms with Crippen LogP contribution in [0.3, 0.4) is 0 Å². The normalized spacial score (nSPS) is 10.1. The molecule has 0 aromatic heterocycles. The van der Waals surface area contributed by atoms with Gasteiger partial charge in [-0.15, -0.1) is 0 Å². The average molecular weight is 278 g/mol. The van der Waals surface area contributed by atoms with E-state index in [0.717, 1.165) is 25.0 Å². The third-order valence-electron chi connectivity index (χ3n) is 2.86. The predicted molar refractivity (Wildman–Crippen MR) is 77.0 cm³/mol. The van der Waals surface area contributed by atoms with Crippen molar-refractivity contribution in [3.63, 3.8) is 0 Å². The van der Waals surface area contributed by atoms with Crippen molar-refractivity contribution in [1.82, 2.24) is 0 Å². The quantitative estimate of drug-likeness (QED) is 0.395. The number of ketones is 1. The van der Waals surface area contributed by atoms with Crippen LogP contribution in [0.15, 0.2) is 24.3 Å². The second-order valence-electron chi connectivity index (χ2n) is 4.54. The molecule has 0 radical (unpaired) electrons. The molecule has 1 rings (SSSR count). The number of benzene rings is 1. The van der Waals surface area contributed by atoms with E-state index in [2.05, 4.69) is 0 Å². The van der Waals surface area contributed by atoms with Gasteiger partial charge < -0.3 is 9.47 Å². The van der Waals surface area contributed by atoms with Crippen molar-refractivity contribution in [1.29, 1.82) is 0 Å². The zero-order chi connectivity index (χ0) is 14.8. The average Bonchev–Trinajstić information content (AvgIpc) is 2.43. The van der Waals surface area contributed by atoms with E-state index in [9.17, 15) is 9.59 Å². The highest BCUT2D eigenvalue weighted by atomic mass is 16.5. The number of Topliss-reactive ketones (excluding diaryl/α,β-unsaturated/α-hetero) is 1. The Kier molecular flexibility index (Phi) is 7.40. The Hall–Kier alpha value is -1.84. The molecule has 4 heteroatoms. The standard InChI is InChI=1S/C16H22O4/c1-3-19-16(18)7-5-4-6-12-20-15-10-8-14(9-11-15)13(2)17/h8-11H,3-7,12H2,1-2H3. The van der Waals surface area contributed by atoms with Crippen molar-refractivity contribution in [2.45, 2.75) is 39.5 Å². The minimum absolute atomic E-state index is 0.0514. The van der Waals surface area contributed by atoms with Crippen LogP contribution in [-0.4, -0.2) is 25.0 Å². The van der Waals surface area contributed by atoms with Crippen LogP contribution in [-0.2, 0) is 9.53 Å². The summed E-state index contributed by atoms with van der Waals surface area (Å²) < 4.78 is 10.4. The van der Waals surface area contributed by atoms with Gasteiger partial charge in [-0.3, -0.25) is 9.59 Å². The summed E-state index contributed by atoms with van der Waals surface area (Å²) in [7, 11) is 0. The van der Waals surface area contributed by atoms with Crippen molar-refractivity contribution in [3.8, 4) is 5.75 Å². The van der Waals surface area contributed by atoms with Crippen LogP contribution in [0.1, 0.15) is 49.9 Å². The van der Waals surface area contributed by atoms with Crippen molar-refractivity contribution < 1.29 is 19.1 Å².